The average molecular weight is 394 g/mol. The van der Waals surface area contributed by atoms with E-state index in [0.29, 0.717) is 5.89 Å². The van der Waals surface area contributed by atoms with E-state index in [1.165, 1.54) is 5.69 Å². The van der Waals surface area contributed by atoms with Crippen molar-refractivity contribution in [2.75, 3.05) is 37.5 Å². The zero-order valence-electron chi connectivity index (χ0n) is 17.0. The lowest BCUT2D eigenvalue weighted by Crippen LogP contribution is -2.47. The third-order valence-electron chi connectivity index (χ3n) is 5.52. The van der Waals surface area contributed by atoms with Crippen LogP contribution >= 0.6 is 0 Å². The molecule has 0 atom stereocenters. The van der Waals surface area contributed by atoms with Gasteiger partial charge in [0.1, 0.15) is 11.3 Å². The number of anilines is 2. The lowest BCUT2D eigenvalue weighted by atomic mass is 10.0. The summed E-state index contributed by atoms with van der Waals surface area (Å²) in [5.74, 6) is 1.48. The molecule has 1 saturated heterocycles. The summed E-state index contributed by atoms with van der Waals surface area (Å²) >= 11 is 0. The Labute approximate surface area is 170 Å². The zero-order chi connectivity index (χ0) is 20.4. The average Bonchev–Trinajstić information content (AvgIpc) is 3.12. The van der Waals surface area contributed by atoms with Gasteiger partial charge in [-0.25, -0.2) is 9.78 Å². The third kappa shape index (κ3) is 4.13. The van der Waals surface area contributed by atoms with Crippen molar-refractivity contribution in [1.82, 2.24) is 9.88 Å². The molecule has 0 radical (unpaired) electrons. The minimum absolute atomic E-state index is 0.104. The van der Waals surface area contributed by atoms with Crippen LogP contribution in [0.5, 0.6) is 5.75 Å². The molecule has 1 aliphatic heterocycles. The number of rotatable bonds is 4. The van der Waals surface area contributed by atoms with Crippen molar-refractivity contribution in [1.29, 1.82) is 0 Å². The molecular formula is C22H26N4O3. The van der Waals surface area contributed by atoms with E-state index < -0.39 is 0 Å². The van der Waals surface area contributed by atoms with Gasteiger partial charge < -0.3 is 24.3 Å². The fraction of sp³-hybridized carbons (Fsp3) is 0.364. The fourth-order valence-electron chi connectivity index (χ4n) is 3.80. The summed E-state index contributed by atoms with van der Waals surface area (Å²) in [7, 11) is 3.54. The van der Waals surface area contributed by atoms with E-state index in [1.54, 1.807) is 7.11 Å². The molecule has 3 aromatic rings. The normalized spacial score (nSPS) is 14.8. The van der Waals surface area contributed by atoms with Crippen molar-refractivity contribution < 1.29 is 13.9 Å². The first kappa shape index (κ1) is 19.1. The Bertz CT molecular complexity index is 991. The molecule has 0 spiro atoms. The summed E-state index contributed by atoms with van der Waals surface area (Å²) in [6, 6.07) is 13.7. The lowest BCUT2D eigenvalue weighted by Gasteiger charge is -2.37. The van der Waals surface area contributed by atoms with Crippen LogP contribution in [-0.4, -0.2) is 49.2 Å². The number of nitrogens with one attached hydrogen (secondary N) is 1. The van der Waals surface area contributed by atoms with Gasteiger partial charge in [-0.3, -0.25) is 0 Å². The molecule has 2 amide bonds. The molecule has 1 aromatic heterocycles. The van der Waals surface area contributed by atoms with Gasteiger partial charge in [-0.1, -0.05) is 0 Å². The van der Waals surface area contributed by atoms with Gasteiger partial charge in [0, 0.05) is 44.5 Å². The standard InChI is InChI=1S/C22H26N4O3/c1-15-23-20-14-16(4-9-21(20)29-15)24-22(27)25(2)17-10-12-26(13-11-17)18-5-7-19(28-3)8-6-18/h4-9,14,17H,10-13H2,1-3H3,(H,24,27). The summed E-state index contributed by atoms with van der Waals surface area (Å²) < 4.78 is 10.7. The molecule has 7 nitrogen and oxygen atoms in total. The van der Waals surface area contributed by atoms with Gasteiger partial charge in [0.15, 0.2) is 11.5 Å². The van der Waals surface area contributed by atoms with Crippen LogP contribution in [0.15, 0.2) is 46.9 Å². The van der Waals surface area contributed by atoms with Gasteiger partial charge in [0.2, 0.25) is 0 Å². The van der Waals surface area contributed by atoms with Gasteiger partial charge in [0.25, 0.3) is 0 Å². The number of amides is 2. The van der Waals surface area contributed by atoms with Gasteiger partial charge in [-0.2, -0.15) is 0 Å². The number of nitrogens with zero attached hydrogens (tertiary/aromatic N) is 3. The van der Waals surface area contributed by atoms with E-state index in [2.05, 4.69) is 27.3 Å². The zero-order valence-corrected chi connectivity index (χ0v) is 17.0. The number of hydrogen-bond acceptors (Lipinski definition) is 5. The van der Waals surface area contributed by atoms with Crippen LogP contribution in [-0.2, 0) is 0 Å². The van der Waals surface area contributed by atoms with Crippen molar-refractivity contribution in [2.45, 2.75) is 25.8 Å². The Morgan fingerprint density at radius 1 is 1.21 bits per heavy atom. The Morgan fingerprint density at radius 3 is 2.62 bits per heavy atom. The molecule has 0 aliphatic carbocycles. The van der Waals surface area contributed by atoms with E-state index in [9.17, 15) is 4.79 Å². The van der Waals surface area contributed by atoms with Crippen LogP contribution in [0.25, 0.3) is 11.1 Å². The maximum absolute atomic E-state index is 12.7. The molecule has 152 valence electrons. The molecule has 7 heteroatoms. The largest absolute Gasteiger partial charge is 0.497 e. The number of piperidine rings is 1. The number of aromatic nitrogens is 1. The molecular weight excluding hydrogens is 368 g/mol. The van der Waals surface area contributed by atoms with Gasteiger partial charge in [-0.05, 0) is 55.3 Å². The van der Waals surface area contributed by atoms with Crippen LogP contribution in [0.3, 0.4) is 0 Å². The smallest absolute Gasteiger partial charge is 0.321 e. The third-order valence-corrected chi connectivity index (χ3v) is 5.52. The Hall–Kier alpha value is -3.22. The molecule has 0 saturated carbocycles. The number of methoxy groups -OCH3 is 1. The molecule has 2 heterocycles. The predicted octanol–water partition coefficient (Wildman–Crippen LogP) is 4.28. The van der Waals surface area contributed by atoms with E-state index in [0.717, 1.165) is 48.5 Å². The summed E-state index contributed by atoms with van der Waals surface area (Å²) in [5.41, 5.74) is 3.38. The molecule has 2 aromatic carbocycles. The monoisotopic (exact) mass is 394 g/mol. The summed E-state index contributed by atoms with van der Waals surface area (Å²) in [6.45, 7) is 3.64. The number of hydrogen-bond donors (Lipinski definition) is 1. The summed E-state index contributed by atoms with van der Waals surface area (Å²) in [5, 5.41) is 2.97. The highest BCUT2D eigenvalue weighted by atomic mass is 16.5. The van der Waals surface area contributed by atoms with Crippen LogP contribution in [0.1, 0.15) is 18.7 Å². The highest BCUT2D eigenvalue weighted by Crippen LogP contribution is 2.25. The number of urea groups is 1. The number of carbonyl (C=O) groups is 1. The first-order valence-electron chi connectivity index (χ1n) is 9.83. The van der Waals surface area contributed by atoms with Crippen LogP contribution in [0.4, 0.5) is 16.2 Å². The predicted molar refractivity (Wildman–Crippen MR) is 114 cm³/mol. The Kier molecular flexibility index (Phi) is 5.29. The van der Waals surface area contributed by atoms with Gasteiger partial charge in [-0.15, -0.1) is 0 Å². The van der Waals surface area contributed by atoms with Crippen molar-refractivity contribution in [3.63, 3.8) is 0 Å². The van der Waals surface area contributed by atoms with Crippen LogP contribution in [0, 0.1) is 6.92 Å². The quantitative estimate of drug-likeness (QED) is 0.715. The molecule has 0 bridgehead atoms. The molecule has 1 aliphatic rings. The maximum atomic E-state index is 12.7. The van der Waals surface area contributed by atoms with Crippen molar-refractivity contribution >= 4 is 28.5 Å². The molecule has 0 unspecified atom stereocenters. The lowest BCUT2D eigenvalue weighted by molar-refractivity contribution is 0.193. The number of benzene rings is 2. The second-order valence-corrected chi connectivity index (χ2v) is 7.37. The second-order valence-electron chi connectivity index (χ2n) is 7.37. The van der Waals surface area contributed by atoms with Crippen molar-refractivity contribution in [3.05, 3.63) is 48.4 Å². The Morgan fingerprint density at radius 2 is 1.93 bits per heavy atom. The number of ether oxygens (including phenoxy) is 1. The van der Waals surface area contributed by atoms with Gasteiger partial charge in [0.05, 0.1) is 7.11 Å². The van der Waals surface area contributed by atoms with E-state index in [1.807, 2.05) is 49.2 Å². The Balaban J connectivity index is 1.34. The summed E-state index contributed by atoms with van der Waals surface area (Å²) in [4.78, 5) is 21.2. The highest BCUT2D eigenvalue weighted by Gasteiger charge is 2.25. The maximum Gasteiger partial charge on any atom is 0.321 e. The minimum atomic E-state index is -0.104. The topological polar surface area (TPSA) is 70.8 Å². The van der Waals surface area contributed by atoms with Crippen LogP contribution in [0.2, 0.25) is 0 Å². The van der Waals surface area contributed by atoms with E-state index in [-0.39, 0.29) is 12.1 Å². The fourth-order valence-corrected chi connectivity index (χ4v) is 3.80. The number of fused-ring (bicyclic) bond motifs is 1. The second kappa shape index (κ2) is 8.03. The molecule has 1 N–H and O–H groups in total. The number of aryl methyl sites for hydroxylation is 1. The van der Waals surface area contributed by atoms with E-state index in [4.69, 9.17) is 9.15 Å². The SMILES string of the molecule is COc1ccc(N2CCC(N(C)C(=O)Nc3ccc4oc(C)nc4c3)CC2)cc1. The first-order chi connectivity index (χ1) is 14.0. The highest BCUT2D eigenvalue weighted by molar-refractivity contribution is 5.91. The van der Waals surface area contributed by atoms with Gasteiger partial charge >= 0.3 is 6.03 Å². The molecule has 29 heavy (non-hydrogen) atoms. The number of carbonyl (C=O) groups excluding carboxylic acids is 1. The molecule has 1 fully saturated rings. The van der Waals surface area contributed by atoms with Crippen molar-refractivity contribution in [3.8, 4) is 5.75 Å². The minimum Gasteiger partial charge on any atom is -0.497 e. The summed E-state index contributed by atoms with van der Waals surface area (Å²) in [6.07, 6.45) is 1.86. The molecule has 4 rings (SSSR count). The van der Waals surface area contributed by atoms with Crippen molar-refractivity contribution in [2.24, 2.45) is 0 Å². The first-order valence-corrected chi connectivity index (χ1v) is 9.83. The van der Waals surface area contributed by atoms with Crippen LogP contribution < -0.4 is 15.0 Å². The number of oxazole rings is 1. The van der Waals surface area contributed by atoms with E-state index >= 15 is 0 Å².